The summed E-state index contributed by atoms with van der Waals surface area (Å²) in [7, 11) is 0. The predicted molar refractivity (Wildman–Crippen MR) is 69.5 cm³/mol. The summed E-state index contributed by atoms with van der Waals surface area (Å²) in [5.41, 5.74) is 0.464. The molecule has 0 fully saturated rings. The van der Waals surface area contributed by atoms with Crippen LogP contribution in [0.5, 0.6) is 0 Å². The summed E-state index contributed by atoms with van der Waals surface area (Å²) in [6.45, 7) is -0.728. The van der Waals surface area contributed by atoms with Gasteiger partial charge in [0.05, 0.1) is 17.9 Å². The molecule has 0 heterocycles. The topological polar surface area (TPSA) is 122 Å². The van der Waals surface area contributed by atoms with Gasteiger partial charge in [-0.1, -0.05) is 15.9 Å². The highest BCUT2D eigenvalue weighted by Gasteiger charge is 2.19. The SMILES string of the molecule is N#Cc1cc(Br)ccc1NC(=O)N[C@@H](CO)C(=O)O. The first kappa shape index (κ1) is 14.9. The predicted octanol–water partition coefficient (Wildman–Crippen LogP) is 0.888. The summed E-state index contributed by atoms with van der Waals surface area (Å²) in [6.07, 6.45) is 0. The van der Waals surface area contributed by atoms with Gasteiger partial charge in [0, 0.05) is 4.47 Å². The Morgan fingerprint density at radius 1 is 1.47 bits per heavy atom. The van der Waals surface area contributed by atoms with Gasteiger partial charge in [-0.25, -0.2) is 9.59 Å². The van der Waals surface area contributed by atoms with Crippen molar-refractivity contribution in [1.82, 2.24) is 5.32 Å². The number of halogens is 1. The zero-order chi connectivity index (χ0) is 14.4. The van der Waals surface area contributed by atoms with Gasteiger partial charge in [-0.15, -0.1) is 0 Å². The third-order valence-corrected chi connectivity index (χ3v) is 2.63. The second-order valence-corrected chi connectivity index (χ2v) is 4.39. The summed E-state index contributed by atoms with van der Waals surface area (Å²) in [4.78, 5) is 22.1. The van der Waals surface area contributed by atoms with Crippen molar-refractivity contribution in [3.05, 3.63) is 28.2 Å². The molecular formula is C11H10BrN3O4. The number of aliphatic hydroxyl groups is 1. The number of carboxylic acids is 1. The molecule has 0 aliphatic carbocycles. The van der Waals surface area contributed by atoms with E-state index in [0.29, 0.717) is 4.47 Å². The van der Waals surface area contributed by atoms with E-state index in [9.17, 15) is 9.59 Å². The van der Waals surface area contributed by atoms with Crippen LogP contribution in [0.15, 0.2) is 22.7 Å². The third-order valence-electron chi connectivity index (χ3n) is 2.14. The highest BCUT2D eigenvalue weighted by molar-refractivity contribution is 9.10. The largest absolute Gasteiger partial charge is 0.480 e. The number of rotatable bonds is 4. The first-order valence-electron chi connectivity index (χ1n) is 5.08. The van der Waals surface area contributed by atoms with Crippen molar-refractivity contribution in [2.75, 3.05) is 11.9 Å². The van der Waals surface area contributed by atoms with E-state index in [2.05, 4.69) is 26.6 Å². The number of nitrogens with zero attached hydrogens (tertiary/aromatic N) is 1. The monoisotopic (exact) mass is 327 g/mol. The fourth-order valence-corrected chi connectivity index (χ4v) is 1.58. The van der Waals surface area contributed by atoms with Gasteiger partial charge in [-0.3, -0.25) is 0 Å². The van der Waals surface area contributed by atoms with Crippen molar-refractivity contribution >= 4 is 33.6 Å². The molecule has 1 rings (SSSR count). The van der Waals surface area contributed by atoms with Gasteiger partial charge in [0.1, 0.15) is 6.07 Å². The molecule has 0 spiro atoms. The van der Waals surface area contributed by atoms with E-state index >= 15 is 0 Å². The molecule has 0 radical (unpaired) electrons. The van der Waals surface area contributed by atoms with Gasteiger partial charge >= 0.3 is 12.0 Å². The Morgan fingerprint density at radius 2 is 2.16 bits per heavy atom. The van der Waals surface area contributed by atoms with E-state index in [-0.39, 0.29) is 11.3 Å². The van der Waals surface area contributed by atoms with Crippen LogP contribution in [0, 0.1) is 11.3 Å². The number of anilines is 1. The van der Waals surface area contributed by atoms with E-state index in [4.69, 9.17) is 15.5 Å². The second-order valence-electron chi connectivity index (χ2n) is 3.47. The zero-order valence-corrected chi connectivity index (χ0v) is 11.1. The van der Waals surface area contributed by atoms with Crippen LogP contribution >= 0.6 is 15.9 Å². The second kappa shape index (κ2) is 6.72. The Labute approximate surface area is 117 Å². The Kier molecular flexibility index (Phi) is 5.29. The van der Waals surface area contributed by atoms with E-state index in [1.165, 1.54) is 12.1 Å². The van der Waals surface area contributed by atoms with Crippen molar-refractivity contribution in [2.24, 2.45) is 0 Å². The number of nitriles is 1. The van der Waals surface area contributed by atoms with Gasteiger partial charge < -0.3 is 20.8 Å². The maximum Gasteiger partial charge on any atom is 0.328 e. The lowest BCUT2D eigenvalue weighted by Gasteiger charge is -2.13. The van der Waals surface area contributed by atoms with Crippen LogP contribution in [0.1, 0.15) is 5.56 Å². The lowest BCUT2D eigenvalue weighted by Crippen LogP contribution is -2.45. The average molecular weight is 328 g/mol. The van der Waals surface area contributed by atoms with Crippen molar-refractivity contribution in [2.45, 2.75) is 6.04 Å². The normalized spacial score (nSPS) is 11.2. The van der Waals surface area contributed by atoms with E-state index in [1.807, 2.05) is 6.07 Å². The first-order valence-corrected chi connectivity index (χ1v) is 5.88. The quantitative estimate of drug-likeness (QED) is 0.654. The molecule has 19 heavy (non-hydrogen) atoms. The van der Waals surface area contributed by atoms with Gasteiger partial charge in [0.15, 0.2) is 6.04 Å². The van der Waals surface area contributed by atoms with Crippen molar-refractivity contribution in [3.63, 3.8) is 0 Å². The number of carboxylic acid groups (broad SMARTS) is 1. The molecule has 4 N–H and O–H groups in total. The molecule has 2 amide bonds. The fourth-order valence-electron chi connectivity index (χ4n) is 1.22. The summed E-state index contributed by atoms with van der Waals surface area (Å²) >= 11 is 3.18. The van der Waals surface area contributed by atoms with E-state index < -0.39 is 24.6 Å². The molecule has 0 saturated heterocycles. The van der Waals surface area contributed by atoms with Crippen LogP contribution in [0.25, 0.3) is 0 Å². The Balaban J connectivity index is 2.78. The lowest BCUT2D eigenvalue weighted by atomic mass is 10.2. The molecule has 0 bridgehead atoms. The molecule has 1 aromatic rings. The van der Waals surface area contributed by atoms with Crippen molar-refractivity contribution in [3.8, 4) is 6.07 Å². The smallest absolute Gasteiger partial charge is 0.328 e. The number of nitrogens with one attached hydrogen (secondary N) is 2. The molecule has 0 aliphatic rings. The van der Waals surface area contributed by atoms with Crippen LogP contribution in [0.2, 0.25) is 0 Å². The molecular weight excluding hydrogens is 318 g/mol. The highest BCUT2D eigenvalue weighted by atomic mass is 79.9. The Hall–Kier alpha value is -2.11. The third kappa shape index (κ3) is 4.24. The van der Waals surface area contributed by atoms with E-state index in [0.717, 1.165) is 0 Å². The lowest BCUT2D eigenvalue weighted by molar-refractivity contribution is -0.140. The van der Waals surface area contributed by atoms with Crippen molar-refractivity contribution in [1.29, 1.82) is 5.26 Å². The number of hydrogen-bond donors (Lipinski definition) is 4. The molecule has 1 aromatic carbocycles. The number of amides is 2. The Bertz CT molecular complexity index is 541. The minimum atomic E-state index is -1.40. The Morgan fingerprint density at radius 3 is 2.68 bits per heavy atom. The van der Waals surface area contributed by atoms with E-state index in [1.54, 1.807) is 6.07 Å². The molecule has 0 aromatic heterocycles. The van der Waals surface area contributed by atoms with Crippen LogP contribution in [-0.4, -0.2) is 34.9 Å². The molecule has 100 valence electrons. The number of aliphatic carboxylic acids is 1. The summed E-state index contributed by atoms with van der Waals surface area (Å²) in [6, 6.07) is 4.30. The first-order chi connectivity index (χ1) is 8.97. The van der Waals surface area contributed by atoms with Crippen LogP contribution in [0.3, 0.4) is 0 Å². The van der Waals surface area contributed by atoms with Crippen LogP contribution < -0.4 is 10.6 Å². The maximum atomic E-state index is 11.5. The number of carbonyl (C=O) groups is 2. The van der Waals surface area contributed by atoms with Crippen LogP contribution in [0.4, 0.5) is 10.5 Å². The number of urea groups is 1. The number of hydrogen-bond acceptors (Lipinski definition) is 4. The average Bonchev–Trinajstić information content (AvgIpc) is 2.37. The molecule has 1 atom stereocenters. The zero-order valence-electron chi connectivity index (χ0n) is 9.55. The molecule has 0 aliphatic heterocycles. The minimum Gasteiger partial charge on any atom is -0.480 e. The minimum absolute atomic E-state index is 0.223. The maximum absolute atomic E-state index is 11.5. The van der Waals surface area contributed by atoms with Gasteiger partial charge in [-0.05, 0) is 18.2 Å². The highest BCUT2D eigenvalue weighted by Crippen LogP contribution is 2.20. The van der Waals surface area contributed by atoms with Crippen LogP contribution in [-0.2, 0) is 4.79 Å². The molecule has 0 saturated carbocycles. The molecule has 7 nitrogen and oxygen atoms in total. The summed E-state index contributed by atoms with van der Waals surface area (Å²) in [5.74, 6) is -1.35. The standard InChI is InChI=1S/C11H10BrN3O4/c12-7-1-2-8(6(3-7)4-13)14-11(19)15-9(5-16)10(17)18/h1-3,9,16H,5H2,(H,17,18)(H2,14,15,19)/t9-/m0/s1. The fraction of sp³-hybridized carbons (Fsp3) is 0.182. The van der Waals surface area contributed by atoms with Gasteiger partial charge in [0.2, 0.25) is 0 Å². The van der Waals surface area contributed by atoms with Gasteiger partial charge in [-0.2, -0.15) is 5.26 Å². The number of aliphatic hydroxyl groups excluding tert-OH is 1. The summed E-state index contributed by atoms with van der Waals surface area (Å²) in [5, 5.41) is 30.7. The summed E-state index contributed by atoms with van der Waals surface area (Å²) < 4.78 is 0.675. The van der Waals surface area contributed by atoms with Crippen molar-refractivity contribution < 1.29 is 19.8 Å². The number of carbonyl (C=O) groups excluding carboxylic acids is 1. The number of benzene rings is 1. The molecule has 0 unspecified atom stereocenters. The molecule has 8 heteroatoms. The van der Waals surface area contributed by atoms with Gasteiger partial charge in [0.25, 0.3) is 0 Å².